The monoisotopic (exact) mass is 475 g/mol. The topological polar surface area (TPSA) is 64.4 Å². The molecule has 1 unspecified atom stereocenters. The second-order valence-electron chi connectivity index (χ2n) is 8.05. The molecule has 2 aromatic carbocycles. The molecule has 4 aromatic rings. The summed E-state index contributed by atoms with van der Waals surface area (Å²) in [5.41, 5.74) is 1.05. The van der Waals surface area contributed by atoms with Crippen molar-refractivity contribution in [1.29, 1.82) is 0 Å². The Morgan fingerprint density at radius 1 is 1.09 bits per heavy atom. The molecule has 0 radical (unpaired) electrons. The molecule has 2 heterocycles. The van der Waals surface area contributed by atoms with E-state index in [0.717, 1.165) is 12.8 Å². The first-order valence-corrected chi connectivity index (χ1v) is 12.5. The van der Waals surface area contributed by atoms with Crippen LogP contribution < -0.4 is 10.3 Å². The third kappa shape index (κ3) is 4.48. The van der Waals surface area contributed by atoms with Gasteiger partial charge in [-0.25, -0.2) is 4.98 Å². The molecular weight excluding hydrogens is 446 g/mol. The molecule has 0 saturated carbocycles. The molecule has 0 aliphatic carbocycles. The summed E-state index contributed by atoms with van der Waals surface area (Å²) >= 11 is 1.43. The summed E-state index contributed by atoms with van der Waals surface area (Å²) in [6, 6.07) is 18.1. The van der Waals surface area contributed by atoms with Crippen LogP contribution in [0.25, 0.3) is 16.6 Å². The van der Waals surface area contributed by atoms with E-state index in [1.807, 2.05) is 71.8 Å². The summed E-state index contributed by atoms with van der Waals surface area (Å²) in [5.74, 6) is 1.07. The summed E-state index contributed by atoms with van der Waals surface area (Å²) in [4.78, 5) is 35.0. The lowest BCUT2D eigenvalue weighted by Crippen LogP contribution is -2.39. The van der Waals surface area contributed by atoms with Crippen LogP contribution in [0, 0.1) is 0 Å². The number of methoxy groups -OCH3 is 1. The Labute approximate surface area is 203 Å². The van der Waals surface area contributed by atoms with Gasteiger partial charge in [-0.3, -0.25) is 14.2 Å². The molecule has 2 aromatic heterocycles. The van der Waals surface area contributed by atoms with E-state index in [9.17, 15) is 9.59 Å². The lowest BCUT2D eigenvalue weighted by atomic mass is 10.1. The SMILES string of the molecule is CCCCN(C(=O)c1cccs1)C(CC)c1nc2ccccc2c(=O)n1-c1ccccc1OC. The summed E-state index contributed by atoms with van der Waals surface area (Å²) < 4.78 is 7.22. The van der Waals surface area contributed by atoms with Crippen molar-refractivity contribution in [2.45, 2.75) is 39.2 Å². The van der Waals surface area contributed by atoms with Gasteiger partial charge in [0.25, 0.3) is 11.5 Å². The van der Waals surface area contributed by atoms with Gasteiger partial charge >= 0.3 is 0 Å². The molecule has 0 aliphatic rings. The number of unbranched alkanes of at least 4 members (excludes halogenated alkanes) is 1. The number of amides is 1. The molecule has 176 valence electrons. The first kappa shape index (κ1) is 23.7. The first-order chi connectivity index (χ1) is 16.6. The standard InChI is InChI=1S/C27H29N3O3S/c1-4-6-17-29(27(32)24-16-11-18-34-24)21(5-2)25-28-20-13-8-7-12-19(20)26(31)30(25)22-14-9-10-15-23(22)33-3/h7-16,18,21H,4-6,17H2,1-3H3. The lowest BCUT2D eigenvalue weighted by Gasteiger charge is -2.32. The van der Waals surface area contributed by atoms with Gasteiger partial charge in [0.05, 0.1) is 34.6 Å². The fraction of sp³-hybridized carbons (Fsp3) is 0.296. The Morgan fingerprint density at radius 3 is 2.56 bits per heavy atom. The number of ether oxygens (including phenoxy) is 1. The summed E-state index contributed by atoms with van der Waals surface area (Å²) in [5, 5.41) is 2.43. The highest BCUT2D eigenvalue weighted by Crippen LogP contribution is 2.31. The molecule has 0 saturated heterocycles. The molecule has 1 amide bonds. The van der Waals surface area contributed by atoms with Gasteiger partial charge in [0.1, 0.15) is 11.6 Å². The third-order valence-corrected chi connectivity index (χ3v) is 6.79. The maximum Gasteiger partial charge on any atom is 0.266 e. The minimum atomic E-state index is -0.386. The summed E-state index contributed by atoms with van der Waals surface area (Å²) in [7, 11) is 1.59. The van der Waals surface area contributed by atoms with E-state index in [2.05, 4.69) is 6.92 Å². The van der Waals surface area contributed by atoms with Gasteiger partial charge in [0.2, 0.25) is 0 Å². The molecular formula is C27H29N3O3S. The number of thiophene rings is 1. The molecule has 4 rings (SSSR count). The van der Waals surface area contributed by atoms with Crippen molar-refractivity contribution in [3.05, 3.63) is 87.1 Å². The Hall–Kier alpha value is -3.45. The minimum Gasteiger partial charge on any atom is -0.495 e. The predicted octanol–water partition coefficient (Wildman–Crippen LogP) is 5.85. The fourth-order valence-electron chi connectivity index (χ4n) is 4.23. The van der Waals surface area contributed by atoms with Gasteiger partial charge in [-0.05, 0) is 48.6 Å². The van der Waals surface area contributed by atoms with E-state index >= 15 is 0 Å². The average molecular weight is 476 g/mol. The van der Waals surface area contributed by atoms with Crippen molar-refractivity contribution in [1.82, 2.24) is 14.5 Å². The quantitative estimate of drug-likeness (QED) is 0.305. The Balaban J connectivity index is 1.98. The molecule has 0 fully saturated rings. The number of carbonyl (C=O) groups excluding carboxylic acids is 1. The highest BCUT2D eigenvalue weighted by molar-refractivity contribution is 7.12. The van der Waals surface area contributed by atoms with E-state index in [4.69, 9.17) is 9.72 Å². The van der Waals surface area contributed by atoms with Crippen LogP contribution in [-0.4, -0.2) is 34.0 Å². The fourth-order valence-corrected chi connectivity index (χ4v) is 4.91. The molecule has 6 nitrogen and oxygen atoms in total. The van der Waals surface area contributed by atoms with Crippen LogP contribution in [0.3, 0.4) is 0 Å². The van der Waals surface area contributed by atoms with E-state index < -0.39 is 0 Å². The minimum absolute atomic E-state index is 0.0377. The Bertz CT molecular complexity index is 1330. The second kappa shape index (κ2) is 10.7. The largest absolute Gasteiger partial charge is 0.495 e. The van der Waals surface area contributed by atoms with E-state index in [-0.39, 0.29) is 17.5 Å². The van der Waals surface area contributed by atoms with Crippen LogP contribution in [-0.2, 0) is 0 Å². The number of hydrogen-bond acceptors (Lipinski definition) is 5. The van der Waals surface area contributed by atoms with Crippen molar-refractivity contribution in [2.24, 2.45) is 0 Å². The van der Waals surface area contributed by atoms with Gasteiger partial charge in [-0.15, -0.1) is 11.3 Å². The molecule has 0 bridgehead atoms. The number of aromatic nitrogens is 2. The first-order valence-electron chi connectivity index (χ1n) is 11.6. The highest BCUT2D eigenvalue weighted by Gasteiger charge is 2.30. The lowest BCUT2D eigenvalue weighted by molar-refractivity contribution is 0.0661. The van der Waals surface area contributed by atoms with Crippen LogP contribution in [0.2, 0.25) is 0 Å². The maximum atomic E-state index is 13.8. The van der Waals surface area contributed by atoms with Gasteiger partial charge in [0.15, 0.2) is 0 Å². The maximum absolute atomic E-state index is 13.8. The third-order valence-electron chi connectivity index (χ3n) is 5.93. The smallest absolute Gasteiger partial charge is 0.266 e. The highest BCUT2D eigenvalue weighted by atomic mass is 32.1. The van der Waals surface area contributed by atoms with E-state index in [1.54, 1.807) is 17.7 Å². The molecule has 0 aliphatic heterocycles. The van der Waals surface area contributed by atoms with Crippen molar-refractivity contribution in [3.63, 3.8) is 0 Å². The van der Waals surface area contributed by atoms with Crippen LogP contribution in [0.1, 0.15) is 54.6 Å². The summed E-state index contributed by atoms with van der Waals surface area (Å²) in [6.07, 6.45) is 2.43. The zero-order chi connectivity index (χ0) is 24.1. The van der Waals surface area contributed by atoms with E-state index in [0.29, 0.717) is 46.0 Å². The molecule has 7 heteroatoms. The number of carbonyl (C=O) groups is 1. The number of rotatable bonds is 9. The van der Waals surface area contributed by atoms with Gasteiger partial charge in [-0.2, -0.15) is 0 Å². The molecule has 34 heavy (non-hydrogen) atoms. The van der Waals surface area contributed by atoms with Crippen molar-refractivity contribution < 1.29 is 9.53 Å². The van der Waals surface area contributed by atoms with Gasteiger partial charge in [-0.1, -0.05) is 50.6 Å². The average Bonchev–Trinajstić information content (AvgIpc) is 3.41. The van der Waals surface area contributed by atoms with Crippen molar-refractivity contribution >= 4 is 28.1 Å². The zero-order valence-electron chi connectivity index (χ0n) is 19.7. The number of para-hydroxylation sites is 3. The second-order valence-corrected chi connectivity index (χ2v) is 9.00. The van der Waals surface area contributed by atoms with Crippen LogP contribution in [0.15, 0.2) is 70.8 Å². The molecule has 0 spiro atoms. The van der Waals surface area contributed by atoms with Gasteiger partial charge < -0.3 is 9.64 Å². The zero-order valence-corrected chi connectivity index (χ0v) is 20.5. The van der Waals surface area contributed by atoms with Gasteiger partial charge in [0, 0.05) is 6.54 Å². The molecule has 0 N–H and O–H groups in total. The predicted molar refractivity (Wildman–Crippen MR) is 137 cm³/mol. The van der Waals surface area contributed by atoms with Crippen LogP contribution in [0.5, 0.6) is 5.75 Å². The Morgan fingerprint density at radius 2 is 1.85 bits per heavy atom. The van der Waals surface area contributed by atoms with Crippen molar-refractivity contribution in [2.75, 3.05) is 13.7 Å². The van der Waals surface area contributed by atoms with Crippen LogP contribution in [0.4, 0.5) is 0 Å². The van der Waals surface area contributed by atoms with Crippen LogP contribution >= 0.6 is 11.3 Å². The number of hydrogen-bond donors (Lipinski definition) is 0. The number of nitrogens with zero attached hydrogens (tertiary/aromatic N) is 3. The number of fused-ring (bicyclic) bond motifs is 1. The number of benzene rings is 2. The summed E-state index contributed by atoms with van der Waals surface area (Å²) in [6.45, 7) is 4.72. The van der Waals surface area contributed by atoms with Crippen molar-refractivity contribution in [3.8, 4) is 11.4 Å². The normalized spacial score (nSPS) is 12.0. The Kier molecular flexibility index (Phi) is 7.43. The van der Waals surface area contributed by atoms with E-state index in [1.165, 1.54) is 11.3 Å². The molecule has 1 atom stereocenters.